The van der Waals surface area contributed by atoms with E-state index in [1.165, 1.54) is 5.56 Å². The van der Waals surface area contributed by atoms with Crippen LogP contribution < -0.4 is 5.32 Å². The molecule has 2 rings (SSSR count). The molecule has 0 fully saturated rings. The topological polar surface area (TPSA) is 49.6 Å². The number of rotatable bonds is 6. The number of hydrogen-bond donors (Lipinski definition) is 2. The molecule has 0 aliphatic heterocycles. The van der Waals surface area contributed by atoms with Crippen molar-refractivity contribution in [3.63, 3.8) is 0 Å². The maximum absolute atomic E-state index is 9.01. The molecular weight excluding hydrogens is 238 g/mol. The Hall–Kier alpha value is -1.39. The van der Waals surface area contributed by atoms with Crippen LogP contribution in [-0.2, 0) is 6.54 Å². The quantitative estimate of drug-likeness (QED) is 0.837. The minimum atomic E-state index is 0.117. The SMILES string of the molecule is Cc1ccn2c(CNCC(C)(C)CCO)cnc2c1. The van der Waals surface area contributed by atoms with Gasteiger partial charge < -0.3 is 14.8 Å². The molecule has 0 amide bonds. The molecule has 0 bridgehead atoms. The number of aliphatic hydroxyl groups excluding tert-OH is 1. The zero-order chi connectivity index (χ0) is 13.9. The van der Waals surface area contributed by atoms with Gasteiger partial charge in [-0.05, 0) is 36.5 Å². The second kappa shape index (κ2) is 5.72. The summed E-state index contributed by atoms with van der Waals surface area (Å²) < 4.78 is 2.11. The molecule has 0 radical (unpaired) electrons. The lowest BCUT2D eigenvalue weighted by atomic mass is 9.90. The molecule has 104 valence electrons. The van der Waals surface area contributed by atoms with Crippen LogP contribution in [-0.4, -0.2) is 27.6 Å². The monoisotopic (exact) mass is 261 g/mol. The summed E-state index contributed by atoms with van der Waals surface area (Å²) in [4.78, 5) is 4.41. The largest absolute Gasteiger partial charge is 0.396 e. The molecule has 0 aliphatic rings. The average Bonchev–Trinajstić information content (AvgIpc) is 2.71. The van der Waals surface area contributed by atoms with E-state index in [-0.39, 0.29) is 12.0 Å². The Morgan fingerprint density at radius 1 is 1.42 bits per heavy atom. The Kier molecular flexibility index (Phi) is 4.22. The number of nitrogens with one attached hydrogen (secondary N) is 1. The van der Waals surface area contributed by atoms with Crippen LogP contribution in [0.25, 0.3) is 5.65 Å². The number of fused-ring (bicyclic) bond motifs is 1. The number of imidazole rings is 1. The molecule has 4 heteroatoms. The highest BCUT2D eigenvalue weighted by molar-refractivity contribution is 5.42. The highest BCUT2D eigenvalue weighted by Crippen LogP contribution is 2.18. The van der Waals surface area contributed by atoms with Crippen molar-refractivity contribution >= 4 is 5.65 Å². The lowest BCUT2D eigenvalue weighted by molar-refractivity contribution is 0.207. The van der Waals surface area contributed by atoms with Gasteiger partial charge in [0, 0.05) is 25.9 Å². The van der Waals surface area contributed by atoms with Gasteiger partial charge in [-0.25, -0.2) is 4.98 Å². The highest BCUT2D eigenvalue weighted by Gasteiger charge is 2.16. The predicted octanol–water partition coefficient (Wildman–Crippen LogP) is 2.14. The number of aliphatic hydroxyl groups is 1. The molecule has 0 saturated carbocycles. The van der Waals surface area contributed by atoms with Gasteiger partial charge in [0.25, 0.3) is 0 Å². The van der Waals surface area contributed by atoms with E-state index in [0.717, 1.165) is 30.9 Å². The van der Waals surface area contributed by atoms with Gasteiger partial charge in [-0.2, -0.15) is 0 Å². The van der Waals surface area contributed by atoms with Crippen molar-refractivity contribution in [2.75, 3.05) is 13.2 Å². The molecular formula is C15H23N3O. The fourth-order valence-electron chi connectivity index (χ4n) is 2.19. The van der Waals surface area contributed by atoms with E-state index in [9.17, 15) is 0 Å². The van der Waals surface area contributed by atoms with E-state index < -0.39 is 0 Å². The van der Waals surface area contributed by atoms with Crippen LogP contribution in [0.3, 0.4) is 0 Å². The Labute approximate surface area is 114 Å². The molecule has 2 aromatic rings. The Bertz CT molecular complexity index is 545. The summed E-state index contributed by atoms with van der Waals surface area (Å²) in [5.74, 6) is 0. The number of pyridine rings is 1. The van der Waals surface area contributed by atoms with E-state index in [1.807, 2.05) is 6.20 Å². The van der Waals surface area contributed by atoms with Crippen LogP contribution in [0.4, 0.5) is 0 Å². The predicted molar refractivity (Wildman–Crippen MR) is 77.1 cm³/mol. The fraction of sp³-hybridized carbons (Fsp3) is 0.533. The van der Waals surface area contributed by atoms with E-state index >= 15 is 0 Å². The number of aromatic nitrogens is 2. The zero-order valence-electron chi connectivity index (χ0n) is 12.0. The first-order valence-corrected chi connectivity index (χ1v) is 6.76. The first kappa shape index (κ1) is 14.0. The Morgan fingerprint density at radius 3 is 2.95 bits per heavy atom. The van der Waals surface area contributed by atoms with Crippen molar-refractivity contribution < 1.29 is 5.11 Å². The summed E-state index contributed by atoms with van der Waals surface area (Å²) >= 11 is 0. The van der Waals surface area contributed by atoms with Crippen LogP contribution in [0.5, 0.6) is 0 Å². The smallest absolute Gasteiger partial charge is 0.137 e. The molecule has 0 saturated heterocycles. The van der Waals surface area contributed by atoms with Gasteiger partial charge in [-0.15, -0.1) is 0 Å². The van der Waals surface area contributed by atoms with Crippen molar-refractivity contribution in [3.05, 3.63) is 35.8 Å². The summed E-state index contributed by atoms with van der Waals surface area (Å²) in [5, 5.41) is 12.5. The number of aryl methyl sites for hydroxylation is 1. The standard InChI is InChI=1S/C15H23N3O/c1-12-4-6-18-13(10-17-14(18)8-12)9-16-11-15(2,3)5-7-19/h4,6,8,10,16,19H,5,7,9,11H2,1-3H3. The maximum atomic E-state index is 9.01. The van der Waals surface area contributed by atoms with E-state index in [2.05, 4.69) is 53.8 Å². The van der Waals surface area contributed by atoms with Gasteiger partial charge in [0.05, 0.1) is 11.9 Å². The summed E-state index contributed by atoms with van der Waals surface area (Å²) in [6.07, 6.45) is 4.79. The van der Waals surface area contributed by atoms with Gasteiger partial charge in [0.15, 0.2) is 0 Å². The Morgan fingerprint density at radius 2 is 2.21 bits per heavy atom. The minimum absolute atomic E-state index is 0.117. The van der Waals surface area contributed by atoms with Crippen LogP contribution in [0, 0.1) is 12.3 Å². The fourth-order valence-corrected chi connectivity index (χ4v) is 2.19. The van der Waals surface area contributed by atoms with Crippen LogP contribution >= 0.6 is 0 Å². The molecule has 2 N–H and O–H groups in total. The number of nitrogens with zero attached hydrogens (tertiary/aromatic N) is 2. The zero-order valence-corrected chi connectivity index (χ0v) is 12.0. The van der Waals surface area contributed by atoms with Crippen molar-refractivity contribution in [2.24, 2.45) is 5.41 Å². The van der Waals surface area contributed by atoms with Crippen molar-refractivity contribution in [1.82, 2.24) is 14.7 Å². The third-order valence-electron chi connectivity index (χ3n) is 3.44. The minimum Gasteiger partial charge on any atom is -0.396 e. The van der Waals surface area contributed by atoms with Gasteiger partial charge in [-0.1, -0.05) is 13.8 Å². The molecule has 2 heterocycles. The molecule has 0 unspecified atom stereocenters. The van der Waals surface area contributed by atoms with Crippen LogP contribution in [0.15, 0.2) is 24.5 Å². The van der Waals surface area contributed by atoms with E-state index in [4.69, 9.17) is 5.11 Å². The van der Waals surface area contributed by atoms with Crippen molar-refractivity contribution in [3.8, 4) is 0 Å². The van der Waals surface area contributed by atoms with E-state index in [1.54, 1.807) is 0 Å². The van der Waals surface area contributed by atoms with Crippen molar-refractivity contribution in [1.29, 1.82) is 0 Å². The normalized spacial score (nSPS) is 12.2. The number of hydrogen-bond acceptors (Lipinski definition) is 3. The second-order valence-corrected chi connectivity index (χ2v) is 5.92. The van der Waals surface area contributed by atoms with E-state index in [0.29, 0.717) is 0 Å². The second-order valence-electron chi connectivity index (χ2n) is 5.92. The van der Waals surface area contributed by atoms with Gasteiger partial charge in [0.1, 0.15) is 5.65 Å². The van der Waals surface area contributed by atoms with Crippen LogP contribution in [0.1, 0.15) is 31.5 Å². The highest BCUT2D eigenvalue weighted by atomic mass is 16.3. The maximum Gasteiger partial charge on any atom is 0.137 e. The summed E-state index contributed by atoms with van der Waals surface area (Å²) in [6.45, 7) is 8.31. The first-order chi connectivity index (χ1) is 9.02. The lowest BCUT2D eigenvalue weighted by Gasteiger charge is -2.23. The third kappa shape index (κ3) is 3.55. The molecule has 0 atom stereocenters. The molecule has 0 aliphatic carbocycles. The molecule has 4 nitrogen and oxygen atoms in total. The molecule has 19 heavy (non-hydrogen) atoms. The van der Waals surface area contributed by atoms with Gasteiger partial charge >= 0.3 is 0 Å². The average molecular weight is 261 g/mol. The third-order valence-corrected chi connectivity index (χ3v) is 3.44. The summed E-state index contributed by atoms with van der Waals surface area (Å²) in [7, 11) is 0. The Balaban J connectivity index is 1.99. The van der Waals surface area contributed by atoms with Crippen molar-refractivity contribution in [2.45, 2.75) is 33.7 Å². The molecule has 2 aromatic heterocycles. The lowest BCUT2D eigenvalue weighted by Crippen LogP contribution is -2.30. The van der Waals surface area contributed by atoms with Gasteiger partial charge in [0.2, 0.25) is 0 Å². The van der Waals surface area contributed by atoms with Crippen LogP contribution in [0.2, 0.25) is 0 Å². The summed E-state index contributed by atoms with van der Waals surface area (Å²) in [6, 6.07) is 4.17. The summed E-state index contributed by atoms with van der Waals surface area (Å²) in [5.41, 5.74) is 3.49. The first-order valence-electron chi connectivity index (χ1n) is 6.76. The molecule has 0 aromatic carbocycles. The van der Waals surface area contributed by atoms with Gasteiger partial charge in [-0.3, -0.25) is 0 Å². The molecule has 0 spiro atoms.